The van der Waals surface area contributed by atoms with Crippen LogP contribution in [-0.4, -0.2) is 9.55 Å². The Morgan fingerprint density at radius 3 is 2.71 bits per heavy atom. The molecule has 4 rings (SSSR count). The zero-order valence-corrected chi connectivity index (χ0v) is 15.3. The maximum absolute atomic E-state index is 14.1. The molecule has 4 aromatic rings. The van der Waals surface area contributed by atoms with E-state index in [2.05, 4.69) is 4.98 Å². The minimum Gasteiger partial charge on any atom is -0.438 e. The van der Waals surface area contributed by atoms with Crippen molar-refractivity contribution in [3.05, 3.63) is 89.2 Å². The first kappa shape index (κ1) is 18.1. The summed E-state index contributed by atoms with van der Waals surface area (Å²) < 4.78 is 35.3. The quantitative estimate of drug-likeness (QED) is 0.535. The molecule has 6 heteroatoms. The van der Waals surface area contributed by atoms with Crippen LogP contribution in [0, 0.1) is 18.6 Å². The molecule has 0 aliphatic heterocycles. The maximum atomic E-state index is 14.1. The molecule has 2 heterocycles. The number of pyridine rings is 1. The van der Waals surface area contributed by atoms with Gasteiger partial charge in [-0.2, -0.15) is 0 Å². The molecule has 0 spiro atoms. The summed E-state index contributed by atoms with van der Waals surface area (Å²) in [6, 6.07) is 15.0. The Kier molecular flexibility index (Phi) is 4.79. The number of hydrogen-bond donors (Lipinski definition) is 1. The van der Waals surface area contributed by atoms with E-state index >= 15 is 0 Å². The summed E-state index contributed by atoms with van der Waals surface area (Å²) >= 11 is 0. The molecule has 28 heavy (non-hydrogen) atoms. The number of halogens is 2. The van der Waals surface area contributed by atoms with E-state index in [0.717, 1.165) is 28.2 Å². The number of hydrogen-bond acceptors (Lipinski definition) is 3. The van der Waals surface area contributed by atoms with E-state index in [9.17, 15) is 8.78 Å². The third kappa shape index (κ3) is 3.46. The van der Waals surface area contributed by atoms with Crippen LogP contribution in [0.1, 0.15) is 16.8 Å². The number of nitrogens with zero attached hydrogens (tertiary/aromatic N) is 2. The van der Waals surface area contributed by atoms with Crippen molar-refractivity contribution >= 4 is 10.9 Å². The zero-order valence-electron chi connectivity index (χ0n) is 15.3. The van der Waals surface area contributed by atoms with Gasteiger partial charge in [0.1, 0.15) is 17.4 Å². The molecule has 0 unspecified atom stereocenters. The average Bonchev–Trinajstić information content (AvgIpc) is 3.00. The number of aryl methyl sites for hydroxylation is 1. The largest absolute Gasteiger partial charge is 0.438 e. The van der Waals surface area contributed by atoms with Gasteiger partial charge < -0.3 is 15.0 Å². The molecular weight excluding hydrogens is 360 g/mol. The summed E-state index contributed by atoms with van der Waals surface area (Å²) in [7, 11) is 0. The topological polar surface area (TPSA) is 53.1 Å². The third-order valence-corrected chi connectivity index (χ3v) is 4.71. The van der Waals surface area contributed by atoms with Gasteiger partial charge in [0.25, 0.3) is 0 Å². The molecule has 0 amide bonds. The molecule has 0 saturated heterocycles. The highest BCUT2D eigenvalue weighted by molar-refractivity contribution is 5.87. The molecule has 0 bridgehead atoms. The van der Waals surface area contributed by atoms with Gasteiger partial charge in [0.05, 0.1) is 12.1 Å². The summed E-state index contributed by atoms with van der Waals surface area (Å²) in [4.78, 5) is 4.24. The van der Waals surface area contributed by atoms with Crippen molar-refractivity contribution in [3.8, 4) is 11.6 Å². The van der Waals surface area contributed by atoms with Crippen LogP contribution in [0.4, 0.5) is 8.78 Å². The van der Waals surface area contributed by atoms with E-state index in [0.29, 0.717) is 30.3 Å². The van der Waals surface area contributed by atoms with Gasteiger partial charge in [-0.25, -0.2) is 13.8 Å². The highest BCUT2D eigenvalue weighted by atomic mass is 19.1. The Hall–Kier alpha value is -3.25. The van der Waals surface area contributed by atoms with Crippen molar-refractivity contribution < 1.29 is 13.5 Å². The van der Waals surface area contributed by atoms with Crippen LogP contribution in [0.2, 0.25) is 0 Å². The Morgan fingerprint density at radius 1 is 1.07 bits per heavy atom. The van der Waals surface area contributed by atoms with Crippen molar-refractivity contribution in [1.29, 1.82) is 0 Å². The molecule has 0 saturated carbocycles. The molecule has 0 aliphatic rings. The van der Waals surface area contributed by atoms with Crippen molar-refractivity contribution in [2.75, 3.05) is 0 Å². The first-order valence-corrected chi connectivity index (χ1v) is 8.91. The Labute approximate surface area is 161 Å². The number of nitrogens with two attached hydrogens (primary N) is 1. The number of fused-ring (bicyclic) bond motifs is 1. The standard InChI is InChI=1S/C22H19F2N3O/c1-14-9-18-20(27(14)13-16-5-6-17(23)11-19(16)24)3-2-4-21(18)28-22-10-15(12-25)7-8-26-22/h2-11H,12-13,25H2,1H3. The van der Waals surface area contributed by atoms with Crippen molar-refractivity contribution in [1.82, 2.24) is 9.55 Å². The molecule has 0 aliphatic carbocycles. The minimum absolute atomic E-state index is 0.297. The van der Waals surface area contributed by atoms with E-state index in [1.165, 1.54) is 12.1 Å². The average molecular weight is 379 g/mol. The van der Waals surface area contributed by atoms with E-state index in [-0.39, 0.29) is 0 Å². The van der Waals surface area contributed by atoms with Crippen LogP contribution in [0.3, 0.4) is 0 Å². The summed E-state index contributed by atoms with van der Waals surface area (Å²) in [5, 5.41) is 0.891. The van der Waals surface area contributed by atoms with E-state index in [4.69, 9.17) is 10.5 Å². The first-order valence-electron chi connectivity index (χ1n) is 8.91. The van der Waals surface area contributed by atoms with Crippen LogP contribution in [0.15, 0.2) is 60.8 Å². The van der Waals surface area contributed by atoms with Crippen LogP contribution >= 0.6 is 0 Å². The Balaban J connectivity index is 1.72. The molecule has 2 aromatic heterocycles. The smallest absolute Gasteiger partial charge is 0.219 e. The predicted molar refractivity (Wildman–Crippen MR) is 104 cm³/mol. The number of benzene rings is 2. The monoisotopic (exact) mass is 379 g/mol. The van der Waals surface area contributed by atoms with Gasteiger partial charge >= 0.3 is 0 Å². The zero-order chi connectivity index (χ0) is 19.7. The molecule has 0 radical (unpaired) electrons. The van der Waals surface area contributed by atoms with Gasteiger partial charge in [-0.15, -0.1) is 0 Å². The second-order valence-corrected chi connectivity index (χ2v) is 6.61. The summed E-state index contributed by atoms with van der Waals surface area (Å²) in [6.07, 6.45) is 1.66. The number of ether oxygens (including phenoxy) is 1. The van der Waals surface area contributed by atoms with Gasteiger partial charge in [0.15, 0.2) is 0 Å². The van der Waals surface area contributed by atoms with E-state index < -0.39 is 11.6 Å². The lowest BCUT2D eigenvalue weighted by Gasteiger charge is -2.11. The van der Waals surface area contributed by atoms with E-state index in [1.54, 1.807) is 12.3 Å². The molecule has 0 atom stereocenters. The summed E-state index contributed by atoms with van der Waals surface area (Å²) in [6.45, 7) is 2.64. The van der Waals surface area contributed by atoms with Gasteiger partial charge in [-0.3, -0.25) is 0 Å². The second kappa shape index (κ2) is 7.40. The maximum Gasteiger partial charge on any atom is 0.219 e. The normalized spacial score (nSPS) is 11.1. The highest BCUT2D eigenvalue weighted by Crippen LogP contribution is 2.32. The van der Waals surface area contributed by atoms with Crippen LogP contribution in [0.5, 0.6) is 11.6 Å². The van der Waals surface area contributed by atoms with Crippen molar-refractivity contribution in [2.24, 2.45) is 5.73 Å². The molecule has 4 nitrogen and oxygen atoms in total. The molecule has 2 N–H and O–H groups in total. The third-order valence-electron chi connectivity index (χ3n) is 4.71. The fraction of sp³-hybridized carbons (Fsp3) is 0.136. The number of aromatic nitrogens is 2. The van der Waals surface area contributed by atoms with Crippen LogP contribution in [-0.2, 0) is 13.1 Å². The lowest BCUT2D eigenvalue weighted by atomic mass is 10.2. The molecule has 0 fully saturated rings. The fourth-order valence-electron chi connectivity index (χ4n) is 3.25. The predicted octanol–water partition coefficient (Wildman–Crippen LogP) is 4.92. The van der Waals surface area contributed by atoms with Gasteiger partial charge in [0.2, 0.25) is 5.88 Å². The molecule has 2 aromatic carbocycles. The Morgan fingerprint density at radius 2 is 1.93 bits per heavy atom. The van der Waals surface area contributed by atoms with Crippen LogP contribution in [0.25, 0.3) is 10.9 Å². The van der Waals surface area contributed by atoms with Gasteiger partial charge in [0, 0.05) is 41.5 Å². The van der Waals surface area contributed by atoms with Crippen molar-refractivity contribution in [3.63, 3.8) is 0 Å². The molecular formula is C22H19F2N3O. The van der Waals surface area contributed by atoms with E-state index in [1.807, 2.05) is 41.8 Å². The van der Waals surface area contributed by atoms with Gasteiger partial charge in [-0.05, 0) is 42.8 Å². The lowest BCUT2D eigenvalue weighted by molar-refractivity contribution is 0.467. The first-order chi connectivity index (χ1) is 13.5. The molecule has 142 valence electrons. The van der Waals surface area contributed by atoms with Crippen LogP contribution < -0.4 is 10.5 Å². The fourth-order valence-corrected chi connectivity index (χ4v) is 3.25. The van der Waals surface area contributed by atoms with Crippen molar-refractivity contribution in [2.45, 2.75) is 20.0 Å². The highest BCUT2D eigenvalue weighted by Gasteiger charge is 2.13. The summed E-state index contributed by atoms with van der Waals surface area (Å²) in [5.41, 5.74) is 8.87. The Bertz CT molecular complexity index is 1150. The SMILES string of the molecule is Cc1cc2c(Oc3cc(CN)ccn3)cccc2n1Cc1ccc(F)cc1F. The lowest BCUT2D eigenvalue weighted by Crippen LogP contribution is -2.04. The minimum atomic E-state index is -0.585. The van der Waals surface area contributed by atoms with Gasteiger partial charge in [-0.1, -0.05) is 12.1 Å². The summed E-state index contributed by atoms with van der Waals surface area (Å²) in [5.74, 6) is -0.0271. The number of rotatable bonds is 5. The second-order valence-electron chi connectivity index (χ2n) is 6.61.